The van der Waals surface area contributed by atoms with Gasteiger partial charge in [-0.25, -0.2) is 4.79 Å². The van der Waals surface area contributed by atoms with Crippen LogP contribution in [-0.2, 0) is 16.1 Å². The topological polar surface area (TPSA) is 115 Å². The van der Waals surface area contributed by atoms with Crippen LogP contribution in [-0.4, -0.2) is 42.4 Å². The largest absolute Gasteiger partial charge is 0.467 e. The van der Waals surface area contributed by atoms with Gasteiger partial charge >= 0.3 is 5.97 Å². The van der Waals surface area contributed by atoms with Crippen LogP contribution in [0.2, 0.25) is 0 Å². The summed E-state index contributed by atoms with van der Waals surface area (Å²) in [6.07, 6.45) is 3.62. The number of rotatable bonds is 5. The summed E-state index contributed by atoms with van der Waals surface area (Å²) in [5.74, 6) is -0.528. The van der Waals surface area contributed by atoms with E-state index in [1.165, 1.54) is 13.4 Å². The molecule has 2 aromatic rings. The molecule has 0 spiro atoms. The number of benzene rings is 1. The molecule has 156 valence electrons. The highest BCUT2D eigenvalue weighted by Gasteiger charge is 2.33. The molecular formula is C20H24ClN3O5. The molecular weight excluding hydrogens is 398 g/mol. The van der Waals surface area contributed by atoms with E-state index < -0.39 is 12.0 Å². The van der Waals surface area contributed by atoms with Crippen molar-refractivity contribution >= 4 is 35.9 Å². The Bertz CT molecular complexity index is 883. The molecule has 0 radical (unpaired) electrons. The van der Waals surface area contributed by atoms with Gasteiger partial charge in [0.05, 0.1) is 19.2 Å². The molecule has 2 heterocycles. The van der Waals surface area contributed by atoms with Crippen molar-refractivity contribution in [1.82, 2.24) is 4.90 Å². The zero-order valence-corrected chi connectivity index (χ0v) is 16.9. The van der Waals surface area contributed by atoms with Gasteiger partial charge < -0.3 is 25.1 Å². The second-order valence-electron chi connectivity index (χ2n) is 6.57. The van der Waals surface area contributed by atoms with Crippen LogP contribution in [0.3, 0.4) is 0 Å². The molecule has 1 saturated heterocycles. The quantitative estimate of drug-likeness (QED) is 0.717. The number of carbonyl (C=O) groups excluding carboxylic acids is 3. The molecule has 1 aliphatic heterocycles. The minimum Gasteiger partial charge on any atom is -0.467 e. The Morgan fingerprint density at radius 2 is 2.03 bits per heavy atom. The van der Waals surface area contributed by atoms with Gasteiger partial charge in [-0.2, -0.15) is 0 Å². The maximum Gasteiger partial charge on any atom is 0.328 e. The number of ether oxygens (including phenoxy) is 1. The van der Waals surface area contributed by atoms with E-state index in [9.17, 15) is 14.4 Å². The van der Waals surface area contributed by atoms with Crippen molar-refractivity contribution in [3.05, 3.63) is 53.5 Å². The number of likely N-dealkylation sites (tertiary alicyclic amines) is 1. The second kappa shape index (κ2) is 10.1. The highest BCUT2D eigenvalue weighted by atomic mass is 35.5. The summed E-state index contributed by atoms with van der Waals surface area (Å²) in [5.41, 5.74) is 6.69. The fourth-order valence-corrected chi connectivity index (χ4v) is 3.26. The smallest absolute Gasteiger partial charge is 0.328 e. The minimum absolute atomic E-state index is 0. The lowest BCUT2D eigenvalue weighted by atomic mass is 10.0. The summed E-state index contributed by atoms with van der Waals surface area (Å²) < 4.78 is 10.0. The first-order valence-electron chi connectivity index (χ1n) is 9.11. The maximum atomic E-state index is 13.0. The van der Waals surface area contributed by atoms with Crippen LogP contribution >= 0.6 is 12.4 Å². The van der Waals surface area contributed by atoms with Crippen LogP contribution in [0.25, 0.3) is 0 Å². The van der Waals surface area contributed by atoms with Gasteiger partial charge in [0, 0.05) is 17.8 Å². The van der Waals surface area contributed by atoms with Gasteiger partial charge in [0.1, 0.15) is 18.1 Å². The Hall–Kier alpha value is -2.84. The lowest BCUT2D eigenvalue weighted by Gasteiger charge is -2.33. The number of nitrogens with two attached hydrogens (primary N) is 1. The summed E-state index contributed by atoms with van der Waals surface area (Å²) in [6.45, 7) is 0.695. The molecule has 1 aromatic carbocycles. The SMILES string of the molecule is COC(=O)C1CCCCN1C(=O)c1cccc(NC(=O)c2coc(CN)c2)c1.Cl. The van der Waals surface area contributed by atoms with Crippen LogP contribution in [0, 0.1) is 0 Å². The summed E-state index contributed by atoms with van der Waals surface area (Å²) in [5, 5.41) is 2.74. The molecule has 1 unspecified atom stereocenters. The number of hydrogen-bond acceptors (Lipinski definition) is 6. The van der Waals surface area contributed by atoms with E-state index in [2.05, 4.69) is 5.32 Å². The number of methoxy groups -OCH3 is 1. The third kappa shape index (κ3) is 5.16. The lowest BCUT2D eigenvalue weighted by Crippen LogP contribution is -2.48. The lowest BCUT2D eigenvalue weighted by molar-refractivity contribution is -0.147. The number of anilines is 1. The Labute approximate surface area is 174 Å². The van der Waals surface area contributed by atoms with E-state index in [0.29, 0.717) is 35.5 Å². The summed E-state index contributed by atoms with van der Waals surface area (Å²) >= 11 is 0. The summed E-state index contributed by atoms with van der Waals surface area (Å²) in [7, 11) is 1.32. The van der Waals surface area contributed by atoms with Crippen molar-refractivity contribution < 1.29 is 23.5 Å². The number of nitrogens with one attached hydrogen (secondary N) is 1. The average Bonchev–Trinajstić information content (AvgIpc) is 3.22. The molecule has 2 amide bonds. The van der Waals surface area contributed by atoms with Gasteiger partial charge in [-0.15, -0.1) is 12.4 Å². The van der Waals surface area contributed by atoms with Crippen molar-refractivity contribution in [1.29, 1.82) is 0 Å². The number of hydrogen-bond donors (Lipinski definition) is 2. The molecule has 3 rings (SSSR count). The Balaban J connectivity index is 0.00000300. The Morgan fingerprint density at radius 1 is 1.24 bits per heavy atom. The molecule has 0 bridgehead atoms. The van der Waals surface area contributed by atoms with Gasteiger partial charge in [0.2, 0.25) is 0 Å². The van der Waals surface area contributed by atoms with E-state index in [1.54, 1.807) is 35.2 Å². The molecule has 0 aliphatic carbocycles. The van der Waals surface area contributed by atoms with E-state index >= 15 is 0 Å². The highest BCUT2D eigenvalue weighted by Crippen LogP contribution is 2.22. The monoisotopic (exact) mass is 421 g/mol. The van der Waals surface area contributed by atoms with Crippen LogP contribution < -0.4 is 11.1 Å². The van der Waals surface area contributed by atoms with Crippen LogP contribution in [0.15, 0.2) is 41.0 Å². The Morgan fingerprint density at radius 3 is 2.72 bits per heavy atom. The first kappa shape index (κ1) is 22.4. The number of piperidine rings is 1. The predicted molar refractivity (Wildman–Crippen MR) is 109 cm³/mol. The fraction of sp³-hybridized carbons (Fsp3) is 0.350. The number of esters is 1. The summed E-state index contributed by atoms with van der Waals surface area (Å²) in [4.78, 5) is 38.9. The maximum absolute atomic E-state index is 13.0. The van der Waals surface area contributed by atoms with E-state index in [0.717, 1.165) is 12.8 Å². The normalized spacial score (nSPS) is 15.9. The van der Waals surface area contributed by atoms with Gasteiger partial charge in [-0.3, -0.25) is 9.59 Å². The number of halogens is 1. The third-order valence-electron chi connectivity index (χ3n) is 4.72. The third-order valence-corrected chi connectivity index (χ3v) is 4.72. The van der Waals surface area contributed by atoms with Crippen molar-refractivity contribution in [2.24, 2.45) is 5.73 Å². The average molecular weight is 422 g/mol. The number of carbonyl (C=O) groups is 3. The molecule has 0 saturated carbocycles. The molecule has 1 aromatic heterocycles. The second-order valence-corrected chi connectivity index (χ2v) is 6.57. The molecule has 1 fully saturated rings. The number of furan rings is 1. The van der Waals surface area contributed by atoms with E-state index in [-0.39, 0.29) is 30.8 Å². The van der Waals surface area contributed by atoms with Crippen LogP contribution in [0.4, 0.5) is 5.69 Å². The van der Waals surface area contributed by atoms with Crippen molar-refractivity contribution in [3.8, 4) is 0 Å². The first-order chi connectivity index (χ1) is 13.5. The molecule has 1 atom stereocenters. The molecule has 9 heteroatoms. The van der Waals surface area contributed by atoms with Crippen LogP contribution in [0.5, 0.6) is 0 Å². The van der Waals surface area contributed by atoms with Gasteiger partial charge in [-0.05, 0) is 43.5 Å². The van der Waals surface area contributed by atoms with Crippen molar-refractivity contribution in [2.45, 2.75) is 31.8 Å². The standard InChI is InChI=1S/C20H23N3O5.ClH/c1-27-20(26)17-7-2-3-8-23(17)19(25)13-5-4-6-15(9-13)22-18(24)14-10-16(11-21)28-12-14;/h4-6,9-10,12,17H,2-3,7-8,11,21H2,1H3,(H,22,24);1H. The molecule has 29 heavy (non-hydrogen) atoms. The molecule has 1 aliphatic rings. The number of amides is 2. The first-order valence-corrected chi connectivity index (χ1v) is 9.11. The zero-order valence-electron chi connectivity index (χ0n) is 16.1. The predicted octanol–water partition coefficient (Wildman–Crippen LogP) is 2.58. The van der Waals surface area contributed by atoms with Gasteiger partial charge in [0.15, 0.2) is 0 Å². The van der Waals surface area contributed by atoms with E-state index in [4.69, 9.17) is 14.9 Å². The zero-order chi connectivity index (χ0) is 20.1. The number of nitrogens with zero attached hydrogens (tertiary/aromatic N) is 1. The van der Waals surface area contributed by atoms with Gasteiger partial charge in [-0.1, -0.05) is 6.07 Å². The Kier molecular flexibility index (Phi) is 7.81. The van der Waals surface area contributed by atoms with Gasteiger partial charge in [0.25, 0.3) is 11.8 Å². The highest BCUT2D eigenvalue weighted by molar-refractivity contribution is 6.05. The molecule has 3 N–H and O–H groups in total. The molecule has 8 nitrogen and oxygen atoms in total. The summed E-state index contributed by atoms with van der Waals surface area (Å²) in [6, 6.07) is 7.61. The van der Waals surface area contributed by atoms with Crippen molar-refractivity contribution in [3.63, 3.8) is 0 Å². The van der Waals surface area contributed by atoms with E-state index in [1.807, 2.05) is 0 Å². The minimum atomic E-state index is -0.579. The van der Waals surface area contributed by atoms with Crippen molar-refractivity contribution in [2.75, 3.05) is 19.0 Å². The fourth-order valence-electron chi connectivity index (χ4n) is 3.26. The van der Waals surface area contributed by atoms with Crippen LogP contribution in [0.1, 0.15) is 45.7 Å².